The summed E-state index contributed by atoms with van der Waals surface area (Å²) in [7, 11) is 1.44. The van der Waals surface area contributed by atoms with Crippen LogP contribution in [-0.2, 0) is 15.0 Å². The summed E-state index contributed by atoms with van der Waals surface area (Å²) in [5, 5.41) is 3.36. The maximum Gasteiger partial charge on any atom is 0.248 e. The third kappa shape index (κ3) is 4.39. The van der Waals surface area contributed by atoms with Gasteiger partial charge in [-0.2, -0.15) is 0 Å². The normalized spacial score (nSPS) is 24.8. The van der Waals surface area contributed by atoms with Gasteiger partial charge in [0.2, 0.25) is 17.7 Å². The number of ether oxygens (including phenoxy) is 1. The number of fused-ring (bicyclic) bond motifs is 3. The Labute approximate surface area is 258 Å². The Morgan fingerprint density at radius 1 is 1.14 bits per heavy atom. The first kappa shape index (κ1) is 29.4. The smallest absolute Gasteiger partial charge is 0.248 e. The van der Waals surface area contributed by atoms with Crippen LogP contribution in [-0.4, -0.2) is 48.5 Å². The number of primary amides is 1. The molecule has 2 fully saturated rings. The summed E-state index contributed by atoms with van der Waals surface area (Å²) >= 11 is 12.6. The van der Waals surface area contributed by atoms with Crippen LogP contribution in [0.5, 0.6) is 5.75 Å². The van der Waals surface area contributed by atoms with E-state index in [1.54, 1.807) is 41.3 Å². The summed E-state index contributed by atoms with van der Waals surface area (Å²) in [6.07, 6.45) is 0.510. The summed E-state index contributed by atoms with van der Waals surface area (Å²) in [6.45, 7) is 6.31. The number of rotatable bonds is 5. The van der Waals surface area contributed by atoms with Gasteiger partial charge in [0.25, 0.3) is 0 Å². The second kappa shape index (κ2) is 10.2. The van der Waals surface area contributed by atoms with Crippen LogP contribution < -0.4 is 20.7 Å². The third-order valence-corrected chi connectivity index (χ3v) is 9.37. The molecule has 8 nitrogen and oxygen atoms in total. The van der Waals surface area contributed by atoms with Gasteiger partial charge in [0, 0.05) is 28.2 Å². The number of methoxy groups -OCH3 is 1. The number of hydrogen-bond acceptors (Lipinski definition) is 5. The van der Waals surface area contributed by atoms with Crippen LogP contribution in [0.4, 0.5) is 15.8 Å². The summed E-state index contributed by atoms with van der Waals surface area (Å²) in [5.41, 5.74) is 5.92. The van der Waals surface area contributed by atoms with Gasteiger partial charge in [-0.1, -0.05) is 62.2 Å². The summed E-state index contributed by atoms with van der Waals surface area (Å²) in [5.74, 6) is -2.60. The van der Waals surface area contributed by atoms with Gasteiger partial charge >= 0.3 is 0 Å². The van der Waals surface area contributed by atoms with Crippen LogP contribution in [0.25, 0.3) is 0 Å². The van der Waals surface area contributed by atoms with Crippen LogP contribution in [0.3, 0.4) is 0 Å². The molecule has 3 aliphatic rings. The highest BCUT2D eigenvalue weighted by Gasteiger charge is 2.71. The monoisotopic (exact) mass is 624 g/mol. The van der Waals surface area contributed by atoms with Crippen molar-refractivity contribution in [2.24, 2.45) is 11.1 Å². The average Bonchev–Trinajstić information content (AvgIpc) is 3.52. The van der Waals surface area contributed by atoms with Crippen LogP contribution in [0.1, 0.15) is 54.6 Å². The molecule has 0 radical (unpaired) electrons. The minimum absolute atomic E-state index is 0.0979. The van der Waals surface area contributed by atoms with Crippen molar-refractivity contribution in [3.05, 3.63) is 87.2 Å². The molecule has 3 heterocycles. The Balaban J connectivity index is 1.60. The number of nitrogens with two attached hydrogens (primary N) is 1. The highest BCUT2D eigenvalue weighted by molar-refractivity contribution is 6.31. The Morgan fingerprint density at radius 3 is 2.56 bits per heavy atom. The van der Waals surface area contributed by atoms with E-state index >= 15 is 4.39 Å². The molecule has 0 aliphatic carbocycles. The molecule has 3 aromatic carbocycles. The van der Waals surface area contributed by atoms with E-state index < -0.39 is 35.1 Å². The predicted molar refractivity (Wildman–Crippen MR) is 163 cm³/mol. The molecule has 3 aromatic rings. The molecule has 11 heteroatoms. The van der Waals surface area contributed by atoms with Crippen molar-refractivity contribution in [3.8, 4) is 5.75 Å². The van der Waals surface area contributed by atoms with Gasteiger partial charge in [-0.05, 0) is 59.4 Å². The topological polar surface area (TPSA) is 105 Å². The summed E-state index contributed by atoms with van der Waals surface area (Å²) < 4.78 is 21.6. The molecule has 0 unspecified atom stereocenters. The molecule has 3 N–H and O–H groups in total. The lowest BCUT2D eigenvalue weighted by Crippen LogP contribution is -2.52. The maximum absolute atomic E-state index is 16.1. The van der Waals surface area contributed by atoms with Crippen molar-refractivity contribution in [1.82, 2.24) is 4.90 Å². The molecular formula is C32H31Cl2FN4O4. The van der Waals surface area contributed by atoms with E-state index in [0.717, 1.165) is 0 Å². The Hall–Kier alpha value is -3.66. The number of carbonyl (C=O) groups is 3. The standard InChI is InChI=1S/C32H31Cl2FN4O4/c1-31(2,3)14-24-32(19-10-9-17(33)13-21(19)37-30(32)42)25(18-6-5-7-20(34)26(18)35)27-29(41)38(15-39(24)27)22-11-8-16(28(36)40)12-23(22)43-4/h5-13,24-25,27H,14-15H2,1-4H3,(H2,36,40)(H,37,42)/t24-,25-,27+,32+/m0/s1. The van der Waals surface area contributed by atoms with Gasteiger partial charge in [-0.3, -0.25) is 24.2 Å². The fraction of sp³-hybridized carbons (Fsp3) is 0.344. The minimum Gasteiger partial charge on any atom is -0.495 e. The highest BCUT2D eigenvalue weighted by atomic mass is 35.5. The van der Waals surface area contributed by atoms with Crippen molar-refractivity contribution in [3.63, 3.8) is 0 Å². The highest BCUT2D eigenvalue weighted by Crippen LogP contribution is 2.62. The second-order valence-corrected chi connectivity index (χ2v) is 13.4. The van der Waals surface area contributed by atoms with E-state index in [2.05, 4.69) is 26.1 Å². The van der Waals surface area contributed by atoms with Crippen LogP contribution in [0.2, 0.25) is 10.0 Å². The predicted octanol–water partition coefficient (Wildman–Crippen LogP) is 5.71. The first-order valence-corrected chi connectivity index (χ1v) is 14.7. The zero-order chi connectivity index (χ0) is 31.0. The molecule has 0 bridgehead atoms. The summed E-state index contributed by atoms with van der Waals surface area (Å²) in [4.78, 5) is 44.4. The second-order valence-electron chi connectivity index (χ2n) is 12.5. The number of carbonyl (C=O) groups excluding carboxylic acids is 3. The number of halogens is 3. The molecule has 224 valence electrons. The van der Waals surface area contributed by atoms with E-state index in [4.69, 9.17) is 33.7 Å². The first-order valence-electron chi connectivity index (χ1n) is 13.9. The van der Waals surface area contributed by atoms with Crippen molar-refractivity contribution in [1.29, 1.82) is 0 Å². The number of nitrogens with one attached hydrogen (secondary N) is 1. The zero-order valence-corrected chi connectivity index (χ0v) is 25.6. The molecule has 3 aliphatic heterocycles. The van der Waals surface area contributed by atoms with Crippen molar-refractivity contribution in [2.75, 3.05) is 24.0 Å². The molecule has 43 heavy (non-hydrogen) atoms. The number of nitrogens with zero attached hydrogens (tertiary/aromatic N) is 2. The first-order chi connectivity index (χ1) is 20.3. The molecule has 6 rings (SSSR count). The molecule has 3 amide bonds. The van der Waals surface area contributed by atoms with Gasteiger partial charge in [-0.25, -0.2) is 4.39 Å². The quantitative estimate of drug-likeness (QED) is 0.378. The molecule has 0 saturated carbocycles. The maximum atomic E-state index is 16.1. The number of anilines is 2. The molecule has 0 aromatic heterocycles. The molecule has 2 saturated heterocycles. The SMILES string of the molecule is COc1cc(C(N)=O)ccc1N1CN2[C@@H](CC(C)(C)C)[C@@]3(C(=O)Nc4cc(Cl)ccc43)[C@@H](c3cccc(Cl)c3F)[C@@H]2C1=O. The van der Waals surface area contributed by atoms with Gasteiger partial charge in [0.1, 0.15) is 17.0 Å². The average molecular weight is 626 g/mol. The number of amides is 3. The number of benzene rings is 3. The van der Waals surface area contributed by atoms with E-state index in [1.807, 2.05) is 4.90 Å². The van der Waals surface area contributed by atoms with Crippen LogP contribution in [0, 0.1) is 11.2 Å². The molecular weight excluding hydrogens is 594 g/mol. The largest absolute Gasteiger partial charge is 0.495 e. The van der Waals surface area contributed by atoms with Gasteiger partial charge in [-0.15, -0.1) is 0 Å². The third-order valence-electron chi connectivity index (χ3n) is 8.84. The van der Waals surface area contributed by atoms with Crippen molar-refractivity contribution in [2.45, 2.75) is 50.6 Å². The van der Waals surface area contributed by atoms with E-state index in [-0.39, 0.29) is 45.8 Å². The van der Waals surface area contributed by atoms with E-state index in [1.165, 1.54) is 25.3 Å². The van der Waals surface area contributed by atoms with Gasteiger partial charge in [0.15, 0.2) is 0 Å². The number of hydrogen-bond donors (Lipinski definition) is 2. The fourth-order valence-corrected chi connectivity index (χ4v) is 7.57. The summed E-state index contributed by atoms with van der Waals surface area (Å²) in [6, 6.07) is 13.1. The Kier molecular flexibility index (Phi) is 6.99. The Morgan fingerprint density at radius 2 is 1.88 bits per heavy atom. The van der Waals surface area contributed by atoms with Crippen molar-refractivity contribution >= 4 is 52.3 Å². The van der Waals surface area contributed by atoms with Crippen LogP contribution in [0.15, 0.2) is 54.6 Å². The van der Waals surface area contributed by atoms with E-state index in [0.29, 0.717) is 28.4 Å². The Bertz CT molecular complexity index is 1690. The lowest BCUT2D eigenvalue weighted by Gasteiger charge is -2.40. The van der Waals surface area contributed by atoms with Crippen molar-refractivity contribution < 1.29 is 23.5 Å². The molecule has 4 atom stereocenters. The van der Waals surface area contributed by atoms with Gasteiger partial charge < -0.3 is 15.8 Å². The fourth-order valence-electron chi connectivity index (χ4n) is 7.22. The lowest BCUT2D eigenvalue weighted by molar-refractivity contribution is -0.122. The minimum atomic E-state index is -1.33. The van der Waals surface area contributed by atoms with E-state index in [9.17, 15) is 14.4 Å². The van der Waals surface area contributed by atoms with Crippen LogP contribution >= 0.6 is 23.2 Å². The zero-order valence-electron chi connectivity index (χ0n) is 24.1. The lowest BCUT2D eigenvalue weighted by atomic mass is 9.62. The molecule has 1 spiro atoms. The van der Waals surface area contributed by atoms with Gasteiger partial charge in [0.05, 0.1) is 30.5 Å².